The fourth-order valence-corrected chi connectivity index (χ4v) is 3.50. The molecular weight excluding hydrogens is 462 g/mol. The maximum absolute atomic E-state index is 10.9. The smallest absolute Gasteiger partial charge is 0.341 e. The monoisotopic (exact) mass is 483 g/mol. The lowest BCUT2D eigenvalue weighted by Gasteiger charge is -2.11. The van der Waals surface area contributed by atoms with Crippen molar-refractivity contribution in [3.8, 4) is 34.8 Å². The topological polar surface area (TPSA) is 117 Å². The van der Waals surface area contributed by atoms with Gasteiger partial charge in [-0.1, -0.05) is 24.6 Å². The molecule has 176 valence electrons. The van der Waals surface area contributed by atoms with Crippen molar-refractivity contribution in [1.82, 2.24) is 15.0 Å². The third-order valence-corrected chi connectivity index (χ3v) is 4.94. The van der Waals surface area contributed by atoms with E-state index in [4.69, 9.17) is 35.3 Å². The van der Waals surface area contributed by atoms with E-state index < -0.39 is 12.6 Å². The summed E-state index contributed by atoms with van der Waals surface area (Å²) in [4.78, 5) is 24.1. The number of aryl methyl sites for hydroxylation is 2. The lowest BCUT2D eigenvalue weighted by molar-refractivity contribution is -0.139. The average Bonchev–Trinajstić information content (AvgIpc) is 3.21. The van der Waals surface area contributed by atoms with Gasteiger partial charge in [-0.15, -0.1) is 0 Å². The van der Waals surface area contributed by atoms with Gasteiger partial charge < -0.3 is 23.7 Å². The second-order valence-electron chi connectivity index (χ2n) is 7.51. The van der Waals surface area contributed by atoms with Crippen molar-refractivity contribution in [2.45, 2.75) is 27.2 Å². The summed E-state index contributed by atoms with van der Waals surface area (Å²) in [5.74, 6) is 0.480. The number of aliphatic carboxylic acids is 1. The van der Waals surface area contributed by atoms with Crippen molar-refractivity contribution in [2.24, 2.45) is 0 Å². The highest BCUT2D eigenvalue weighted by Crippen LogP contribution is 2.34. The molecule has 1 N–H and O–H groups in total. The van der Waals surface area contributed by atoms with Gasteiger partial charge in [0.05, 0.1) is 6.61 Å². The van der Waals surface area contributed by atoms with Crippen molar-refractivity contribution in [3.05, 3.63) is 52.5 Å². The number of fused-ring (bicyclic) bond motifs is 1. The zero-order chi connectivity index (χ0) is 24.2. The van der Waals surface area contributed by atoms with Crippen molar-refractivity contribution < 1.29 is 28.5 Å². The van der Waals surface area contributed by atoms with E-state index >= 15 is 0 Å². The molecule has 4 aromatic rings. The van der Waals surface area contributed by atoms with Crippen LogP contribution in [0.2, 0.25) is 5.02 Å². The van der Waals surface area contributed by atoms with Crippen molar-refractivity contribution >= 4 is 28.8 Å². The quantitative estimate of drug-likeness (QED) is 0.324. The summed E-state index contributed by atoms with van der Waals surface area (Å²) < 4.78 is 22.9. The van der Waals surface area contributed by atoms with E-state index in [9.17, 15) is 4.79 Å². The Labute approximate surface area is 200 Å². The molecule has 9 nitrogen and oxygen atoms in total. The van der Waals surface area contributed by atoms with Crippen molar-refractivity contribution in [1.29, 1.82) is 0 Å². The van der Waals surface area contributed by atoms with Gasteiger partial charge in [-0.3, -0.25) is 0 Å². The van der Waals surface area contributed by atoms with Crippen LogP contribution in [0.25, 0.3) is 22.7 Å². The number of nitrogens with zero attached hydrogens (tertiary/aromatic N) is 3. The molecule has 0 radical (unpaired) electrons. The largest absolute Gasteiger partial charge is 0.481 e. The Hall–Kier alpha value is -3.85. The van der Waals surface area contributed by atoms with E-state index in [-0.39, 0.29) is 17.6 Å². The SMILES string of the molecule is CCCOc1nc(Oc2cccc(Cl)c2)nc2oc(-c3cc(C)c(OCC(=O)O)c(C)c3)nc12. The van der Waals surface area contributed by atoms with Gasteiger partial charge in [0.15, 0.2) is 12.1 Å². The zero-order valence-corrected chi connectivity index (χ0v) is 19.5. The van der Waals surface area contributed by atoms with Crippen LogP contribution in [0.5, 0.6) is 23.4 Å². The molecule has 0 bridgehead atoms. The predicted octanol–water partition coefficient (Wildman–Crippen LogP) is 5.60. The van der Waals surface area contributed by atoms with Crippen molar-refractivity contribution in [3.63, 3.8) is 0 Å². The molecule has 0 saturated carbocycles. The summed E-state index contributed by atoms with van der Waals surface area (Å²) >= 11 is 6.04. The van der Waals surface area contributed by atoms with Gasteiger partial charge in [0.2, 0.25) is 5.89 Å². The number of carboxylic acids is 1. The molecule has 0 atom stereocenters. The van der Waals surface area contributed by atoms with Gasteiger partial charge in [0.1, 0.15) is 11.5 Å². The Morgan fingerprint density at radius 3 is 2.53 bits per heavy atom. The van der Waals surface area contributed by atoms with E-state index in [0.29, 0.717) is 40.1 Å². The number of benzene rings is 2. The van der Waals surface area contributed by atoms with Crippen LogP contribution in [0.4, 0.5) is 0 Å². The van der Waals surface area contributed by atoms with E-state index in [1.807, 2.05) is 20.8 Å². The first-order valence-corrected chi connectivity index (χ1v) is 10.9. The molecule has 10 heteroatoms. The number of oxazole rings is 1. The summed E-state index contributed by atoms with van der Waals surface area (Å²) in [6, 6.07) is 10.5. The van der Waals surface area contributed by atoms with E-state index in [1.165, 1.54) is 0 Å². The Morgan fingerprint density at radius 2 is 1.85 bits per heavy atom. The van der Waals surface area contributed by atoms with Crippen LogP contribution in [0.15, 0.2) is 40.8 Å². The highest BCUT2D eigenvalue weighted by atomic mass is 35.5. The first-order valence-electron chi connectivity index (χ1n) is 10.5. The van der Waals surface area contributed by atoms with Crippen molar-refractivity contribution in [2.75, 3.05) is 13.2 Å². The second-order valence-corrected chi connectivity index (χ2v) is 7.95. The molecule has 34 heavy (non-hydrogen) atoms. The molecule has 0 aliphatic carbocycles. The maximum Gasteiger partial charge on any atom is 0.341 e. The molecule has 0 unspecified atom stereocenters. The molecule has 0 aliphatic heterocycles. The minimum Gasteiger partial charge on any atom is -0.481 e. The summed E-state index contributed by atoms with van der Waals surface area (Å²) in [5.41, 5.74) is 2.74. The number of rotatable bonds is 9. The number of hydrogen-bond donors (Lipinski definition) is 1. The summed E-state index contributed by atoms with van der Waals surface area (Å²) in [7, 11) is 0. The third-order valence-electron chi connectivity index (χ3n) is 4.70. The number of aromatic nitrogens is 3. The summed E-state index contributed by atoms with van der Waals surface area (Å²) in [6.45, 7) is 5.63. The number of halogens is 1. The molecule has 0 amide bonds. The minimum atomic E-state index is -1.05. The molecule has 2 heterocycles. The fourth-order valence-electron chi connectivity index (χ4n) is 3.32. The first-order chi connectivity index (χ1) is 16.3. The molecule has 0 spiro atoms. The normalized spacial score (nSPS) is 10.9. The zero-order valence-electron chi connectivity index (χ0n) is 18.8. The molecule has 4 rings (SSSR count). The molecule has 0 aliphatic rings. The van der Waals surface area contributed by atoms with Crippen LogP contribution in [-0.4, -0.2) is 39.2 Å². The molecule has 0 saturated heterocycles. The maximum atomic E-state index is 10.9. The lowest BCUT2D eigenvalue weighted by Crippen LogP contribution is -2.10. The average molecular weight is 484 g/mol. The van der Waals surface area contributed by atoms with Gasteiger partial charge in [0, 0.05) is 10.6 Å². The number of carboxylic acid groups (broad SMARTS) is 1. The van der Waals surface area contributed by atoms with Gasteiger partial charge >= 0.3 is 12.0 Å². The van der Waals surface area contributed by atoms with Crippen LogP contribution in [0.3, 0.4) is 0 Å². The Morgan fingerprint density at radius 1 is 1.09 bits per heavy atom. The number of hydrogen-bond acceptors (Lipinski definition) is 8. The summed E-state index contributed by atoms with van der Waals surface area (Å²) in [6.07, 6.45) is 0.775. The summed E-state index contributed by atoms with van der Waals surface area (Å²) in [5, 5.41) is 9.41. The fraction of sp³-hybridized carbons (Fsp3) is 0.250. The van der Waals surface area contributed by atoms with Crippen LogP contribution in [0.1, 0.15) is 24.5 Å². The second kappa shape index (κ2) is 9.96. The van der Waals surface area contributed by atoms with Gasteiger partial charge in [0.25, 0.3) is 11.6 Å². The number of ether oxygens (including phenoxy) is 3. The Balaban J connectivity index is 1.72. The van der Waals surface area contributed by atoms with E-state index in [2.05, 4.69) is 15.0 Å². The lowest BCUT2D eigenvalue weighted by atomic mass is 10.1. The Kier molecular flexibility index (Phi) is 6.83. The number of carbonyl (C=O) groups is 1. The predicted molar refractivity (Wildman–Crippen MR) is 125 cm³/mol. The molecule has 2 aromatic carbocycles. The van der Waals surface area contributed by atoms with E-state index in [1.54, 1.807) is 36.4 Å². The highest BCUT2D eigenvalue weighted by molar-refractivity contribution is 6.30. The van der Waals surface area contributed by atoms with Crippen LogP contribution in [-0.2, 0) is 4.79 Å². The van der Waals surface area contributed by atoms with Crippen LogP contribution < -0.4 is 14.2 Å². The van der Waals surface area contributed by atoms with Gasteiger partial charge in [-0.25, -0.2) is 9.78 Å². The minimum absolute atomic E-state index is 0.0355. The van der Waals surface area contributed by atoms with Gasteiger partial charge in [-0.05, 0) is 61.7 Å². The first kappa shape index (κ1) is 23.3. The van der Waals surface area contributed by atoms with Crippen LogP contribution >= 0.6 is 11.6 Å². The van der Waals surface area contributed by atoms with Gasteiger partial charge in [-0.2, -0.15) is 9.97 Å². The van der Waals surface area contributed by atoms with E-state index in [0.717, 1.165) is 17.5 Å². The van der Waals surface area contributed by atoms with Crippen LogP contribution in [0, 0.1) is 13.8 Å². The standard InChI is InChI=1S/C24H22ClN3O6/c1-4-8-31-22-19-23(28-24(27-22)33-17-7-5-6-16(25)11-17)34-21(26-19)15-9-13(2)20(14(3)10-15)32-12-18(29)30/h5-7,9-11H,4,8,12H2,1-3H3,(H,29,30). The molecule has 0 fully saturated rings. The highest BCUT2D eigenvalue weighted by Gasteiger charge is 2.20. The molecular formula is C24H22ClN3O6. The molecule has 2 aromatic heterocycles. The third kappa shape index (κ3) is 5.20. The Bertz CT molecular complexity index is 1330.